The number of hydrogen-bond acceptors (Lipinski definition) is 1. The molecule has 1 aromatic carbocycles. The second-order valence-corrected chi connectivity index (χ2v) is 3.91. The molecule has 0 fully saturated rings. The van der Waals surface area contributed by atoms with Crippen LogP contribution in [-0.4, -0.2) is 16.7 Å². The zero-order chi connectivity index (χ0) is 11.2. The van der Waals surface area contributed by atoms with Crippen LogP contribution in [0.5, 0.6) is 0 Å². The average molecular weight is 215 g/mol. The van der Waals surface area contributed by atoms with Gasteiger partial charge in [0.1, 0.15) is 0 Å². The van der Waals surface area contributed by atoms with Crippen molar-refractivity contribution < 1.29 is 5.11 Å². The van der Waals surface area contributed by atoms with Crippen molar-refractivity contribution in [2.45, 2.75) is 19.3 Å². The third-order valence-corrected chi connectivity index (χ3v) is 2.76. The number of para-hydroxylation sites is 1. The molecule has 0 aliphatic carbocycles. The van der Waals surface area contributed by atoms with Gasteiger partial charge in [0.2, 0.25) is 0 Å². The molecule has 2 rings (SSSR count). The van der Waals surface area contributed by atoms with Crippen LogP contribution in [0.25, 0.3) is 10.9 Å². The Bertz CT molecular complexity index is 470. The van der Waals surface area contributed by atoms with Gasteiger partial charge in [-0.15, -0.1) is 0 Å². The number of aromatic amines is 1. The normalized spacial score (nSPS) is 11.6. The Morgan fingerprint density at radius 2 is 2.06 bits per heavy atom. The highest BCUT2D eigenvalue weighted by molar-refractivity contribution is 5.82. The number of hydrogen-bond donors (Lipinski definition) is 2. The Morgan fingerprint density at radius 3 is 2.94 bits per heavy atom. The fourth-order valence-corrected chi connectivity index (χ4v) is 1.94. The van der Waals surface area contributed by atoms with Crippen molar-refractivity contribution in [3.63, 3.8) is 0 Å². The number of fused-ring (bicyclic) bond motifs is 1. The summed E-state index contributed by atoms with van der Waals surface area (Å²) in [5.41, 5.74) is 2.59. The Morgan fingerprint density at radius 1 is 1.19 bits per heavy atom. The summed E-state index contributed by atoms with van der Waals surface area (Å²) in [5.74, 6) is 0. The first-order valence-corrected chi connectivity index (χ1v) is 5.72. The van der Waals surface area contributed by atoms with Crippen molar-refractivity contribution in [2.24, 2.45) is 0 Å². The minimum atomic E-state index is 0.146. The molecule has 2 heteroatoms. The van der Waals surface area contributed by atoms with E-state index in [1.54, 1.807) is 6.08 Å². The smallest absolute Gasteiger partial charge is 0.0612 e. The predicted octanol–water partition coefficient (Wildman–Crippen LogP) is 3.04. The van der Waals surface area contributed by atoms with Crippen LogP contribution in [0.1, 0.15) is 18.4 Å². The minimum Gasteiger partial charge on any atom is -0.392 e. The highest BCUT2D eigenvalue weighted by Gasteiger charge is 2.01. The van der Waals surface area contributed by atoms with Crippen molar-refractivity contribution >= 4 is 10.9 Å². The average Bonchev–Trinajstić information content (AvgIpc) is 2.73. The fourth-order valence-electron chi connectivity index (χ4n) is 1.94. The molecule has 0 aliphatic rings. The molecule has 0 radical (unpaired) electrons. The van der Waals surface area contributed by atoms with Gasteiger partial charge in [-0.05, 0) is 30.9 Å². The molecule has 16 heavy (non-hydrogen) atoms. The van der Waals surface area contributed by atoms with Crippen LogP contribution in [0.4, 0.5) is 0 Å². The van der Waals surface area contributed by atoms with E-state index >= 15 is 0 Å². The summed E-state index contributed by atoms with van der Waals surface area (Å²) >= 11 is 0. The van der Waals surface area contributed by atoms with Gasteiger partial charge in [0, 0.05) is 17.1 Å². The lowest BCUT2D eigenvalue weighted by Crippen LogP contribution is -1.82. The molecule has 0 unspecified atom stereocenters. The molecule has 1 aromatic heterocycles. The number of aliphatic hydroxyl groups is 1. The number of benzene rings is 1. The van der Waals surface area contributed by atoms with Crippen molar-refractivity contribution in [3.05, 3.63) is 48.2 Å². The first-order chi connectivity index (χ1) is 7.92. The van der Waals surface area contributed by atoms with E-state index in [0.717, 1.165) is 19.3 Å². The van der Waals surface area contributed by atoms with Gasteiger partial charge in [0.15, 0.2) is 0 Å². The van der Waals surface area contributed by atoms with Crippen LogP contribution < -0.4 is 0 Å². The van der Waals surface area contributed by atoms with E-state index in [1.807, 2.05) is 12.1 Å². The van der Waals surface area contributed by atoms with Crippen LogP contribution in [0.3, 0.4) is 0 Å². The summed E-state index contributed by atoms with van der Waals surface area (Å²) < 4.78 is 0. The van der Waals surface area contributed by atoms with Gasteiger partial charge in [0.05, 0.1) is 6.61 Å². The van der Waals surface area contributed by atoms with E-state index in [-0.39, 0.29) is 6.61 Å². The number of allylic oxidation sites excluding steroid dienone is 1. The Kier molecular flexibility index (Phi) is 3.78. The van der Waals surface area contributed by atoms with Gasteiger partial charge in [0.25, 0.3) is 0 Å². The molecular formula is C14H17NO. The van der Waals surface area contributed by atoms with Gasteiger partial charge in [-0.2, -0.15) is 0 Å². The van der Waals surface area contributed by atoms with Gasteiger partial charge < -0.3 is 10.1 Å². The van der Waals surface area contributed by atoms with Crippen molar-refractivity contribution in [2.75, 3.05) is 6.61 Å². The first kappa shape index (κ1) is 11.0. The lowest BCUT2D eigenvalue weighted by Gasteiger charge is -1.97. The van der Waals surface area contributed by atoms with E-state index in [0.29, 0.717) is 0 Å². The summed E-state index contributed by atoms with van der Waals surface area (Å²) in [6.45, 7) is 0.146. The zero-order valence-corrected chi connectivity index (χ0v) is 9.32. The van der Waals surface area contributed by atoms with E-state index < -0.39 is 0 Å². The highest BCUT2D eigenvalue weighted by Crippen LogP contribution is 2.19. The Balaban J connectivity index is 1.97. The fraction of sp³-hybridized carbons (Fsp3) is 0.286. The van der Waals surface area contributed by atoms with Gasteiger partial charge in [-0.3, -0.25) is 0 Å². The number of aromatic nitrogens is 1. The monoisotopic (exact) mass is 215 g/mol. The van der Waals surface area contributed by atoms with Crippen molar-refractivity contribution in [1.82, 2.24) is 4.98 Å². The number of aryl methyl sites for hydroxylation is 1. The summed E-state index contributed by atoms with van der Waals surface area (Å²) in [6.07, 6.45) is 9.17. The van der Waals surface area contributed by atoms with E-state index in [2.05, 4.69) is 29.4 Å². The van der Waals surface area contributed by atoms with Crippen molar-refractivity contribution in [1.29, 1.82) is 0 Å². The number of nitrogens with one attached hydrogen (secondary N) is 1. The molecule has 0 bridgehead atoms. The molecular weight excluding hydrogens is 198 g/mol. The maximum absolute atomic E-state index is 8.60. The van der Waals surface area contributed by atoms with E-state index in [9.17, 15) is 0 Å². The third kappa shape index (κ3) is 2.52. The second-order valence-electron chi connectivity index (χ2n) is 3.91. The van der Waals surface area contributed by atoms with Crippen LogP contribution in [0, 0.1) is 0 Å². The molecule has 0 atom stereocenters. The summed E-state index contributed by atoms with van der Waals surface area (Å²) in [7, 11) is 0. The third-order valence-electron chi connectivity index (χ3n) is 2.76. The van der Waals surface area contributed by atoms with Gasteiger partial charge in [-0.25, -0.2) is 0 Å². The maximum atomic E-state index is 8.60. The van der Waals surface area contributed by atoms with Gasteiger partial charge in [-0.1, -0.05) is 30.4 Å². The number of aliphatic hydroxyl groups excluding tert-OH is 1. The summed E-state index contributed by atoms with van der Waals surface area (Å²) in [5, 5.41) is 9.93. The van der Waals surface area contributed by atoms with Crippen LogP contribution in [-0.2, 0) is 6.42 Å². The summed E-state index contributed by atoms with van der Waals surface area (Å²) in [4.78, 5) is 3.28. The molecule has 1 heterocycles. The largest absolute Gasteiger partial charge is 0.392 e. The predicted molar refractivity (Wildman–Crippen MR) is 67.5 cm³/mol. The summed E-state index contributed by atoms with van der Waals surface area (Å²) in [6, 6.07) is 8.38. The standard InChI is InChI=1S/C14H17NO/c16-10-6-2-1-3-7-12-11-15-14-9-5-4-8-13(12)14/h2,4-6,8-9,11,15-16H,1,3,7,10H2/b6-2-. The molecule has 0 spiro atoms. The van der Waals surface area contributed by atoms with Crippen LogP contribution in [0.2, 0.25) is 0 Å². The van der Waals surface area contributed by atoms with E-state index in [1.165, 1.54) is 16.5 Å². The zero-order valence-electron chi connectivity index (χ0n) is 9.32. The molecule has 2 N–H and O–H groups in total. The molecule has 0 amide bonds. The van der Waals surface area contributed by atoms with E-state index in [4.69, 9.17) is 5.11 Å². The molecule has 2 aromatic rings. The number of H-pyrrole nitrogens is 1. The first-order valence-electron chi connectivity index (χ1n) is 5.72. The minimum absolute atomic E-state index is 0.146. The Hall–Kier alpha value is -1.54. The lowest BCUT2D eigenvalue weighted by atomic mass is 10.1. The maximum Gasteiger partial charge on any atom is 0.0612 e. The molecule has 0 saturated heterocycles. The second kappa shape index (κ2) is 5.52. The quantitative estimate of drug-likeness (QED) is 0.583. The molecule has 0 aliphatic heterocycles. The Labute approximate surface area is 95.6 Å². The molecule has 2 nitrogen and oxygen atoms in total. The lowest BCUT2D eigenvalue weighted by molar-refractivity contribution is 0.342. The molecule has 84 valence electrons. The van der Waals surface area contributed by atoms with Crippen LogP contribution in [0.15, 0.2) is 42.6 Å². The van der Waals surface area contributed by atoms with Crippen molar-refractivity contribution in [3.8, 4) is 0 Å². The SMILES string of the molecule is OC/C=C\CCCc1c[nH]c2ccccc12. The van der Waals surface area contributed by atoms with Gasteiger partial charge >= 0.3 is 0 Å². The molecule has 0 saturated carbocycles. The number of rotatable bonds is 5. The number of unbranched alkanes of at least 4 members (excludes halogenated alkanes) is 1. The topological polar surface area (TPSA) is 36.0 Å². The van der Waals surface area contributed by atoms with Crippen LogP contribution >= 0.6 is 0 Å². The highest BCUT2D eigenvalue weighted by atomic mass is 16.2.